The average molecular weight is 405 g/mol. The van der Waals surface area contributed by atoms with E-state index >= 15 is 0 Å². The van der Waals surface area contributed by atoms with Gasteiger partial charge in [-0.3, -0.25) is 9.78 Å². The van der Waals surface area contributed by atoms with Gasteiger partial charge in [-0.1, -0.05) is 12.1 Å². The molecule has 0 bridgehead atoms. The number of hydrogen-bond donors (Lipinski definition) is 1. The summed E-state index contributed by atoms with van der Waals surface area (Å²) in [7, 11) is 7.74. The van der Waals surface area contributed by atoms with Crippen molar-refractivity contribution in [3.63, 3.8) is 0 Å². The summed E-state index contributed by atoms with van der Waals surface area (Å²) in [6, 6.07) is 10.2. The van der Waals surface area contributed by atoms with Crippen molar-refractivity contribution in [2.75, 3.05) is 27.7 Å². The fourth-order valence-electron chi connectivity index (χ4n) is 4.55. The fourth-order valence-corrected chi connectivity index (χ4v) is 4.55. The molecule has 0 spiro atoms. The predicted octanol–water partition coefficient (Wildman–Crippen LogP) is 3.88. The summed E-state index contributed by atoms with van der Waals surface area (Å²) in [4.78, 5) is 19.6. The molecule has 0 aliphatic carbocycles. The van der Waals surface area contributed by atoms with E-state index in [1.54, 1.807) is 13.3 Å². The molecule has 1 amide bonds. The van der Waals surface area contributed by atoms with Gasteiger partial charge in [0.1, 0.15) is 11.4 Å². The lowest BCUT2D eigenvalue weighted by molar-refractivity contribution is 0.0931. The zero-order valence-electron chi connectivity index (χ0n) is 18.4. The smallest absolute Gasteiger partial charge is 0.270 e. The standard InChI is InChI=1S/C24H28N4O2/c1-14(13-27(3)4)26-24(29)21-18-12-19-17-8-7-9-20(30-6)23(17)28(5)22(19)15(2)16(18)10-11-25-21/h7-12,14H,13H2,1-6H3,(H,26,29)/t14-/m1/s1. The van der Waals surface area contributed by atoms with Crippen molar-refractivity contribution in [1.29, 1.82) is 0 Å². The maximum Gasteiger partial charge on any atom is 0.270 e. The van der Waals surface area contributed by atoms with Crippen LogP contribution in [0.1, 0.15) is 23.0 Å². The normalized spacial score (nSPS) is 12.8. The number of amides is 1. The van der Waals surface area contributed by atoms with Crippen LogP contribution in [0.5, 0.6) is 5.75 Å². The highest BCUT2D eigenvalue weighted by Crippen LogP contribution is 2.38. The number of likely N-dealkylation sites (N-methyl/N-ethyl adjacent to an activating group) is 1. The Morgan fingerprint density at radius 2 is 1.93 bits per heavy atom. The van der Waals surface area contributed by atoms with Crippen molar-refractivity contribution in [2.24, 2.45) is 7.05 Å². The number of nitrogens with one attached hydrogen (secondary N) is 1. The van der Waals surface area contributed by atoms with Crippen LogP contribution in [0.3, 0.4) is 0 Å². The number of aryl methyl sites for hydroxylation is 2. The number of methoxy groups -OCH3 is 1. The van der Waals surface area contributed by atoms with Gasteiger partial charge in [0.25, 0.3) is 5.91 Å². The number of fused-ring (bicyclic) bond motifs is 4. The number of benzene rings is 2. The highest BCUT2D eigenvalue weighted by atomic mass is 16.5. The van der Waals surface area contributed by atoms with Crippen LogP contribution in [0, 0.1) is 6.92 Å². The van der Waals surface area contributed by atoms with E-state index in [1.165, 1.54) is 0 Å². The molecule has 30 heavy (non-hydrogen) atoms. The molecule has 6 heteroatoms. The molecular weight excluding hydrogens is 376 g/mol. The molecule has 4 rings (SSSR count). The van der Waals surface area contributed by atoms with Gasteiger partial charge in [0.15, 0.2) is 0 Å². The van der Waals surface area contributed by atoms with Gasteiger partial charge in [0.05, 0.1) is 18.1 Å². The second kappa shape index (κ2) is 7.61. The first-order valence-corrected chi connectivity index (χ1v) is 10.1. The molecular formula is C24H28N4O2. The third-order valence-electron chi connectivity index (χ3n) is 5.70. The van der Waals surface area contributed by atoms with Crippen molar-refractivity contribution < 1.29 is 9.53 Å². The molecule has 0 aliphatic rings. The minimum Gasteiger partial charge on any atom is -0.495 e. The molecule has 156 valence electrons. The molecule has 6 nitrogen and oxygen atoms in total. The summed E-state index contributed by atoms with van der Waals surface area (Å²) >= 11 is 0. The Morgan fingerprint density at radius 3 is 2.63 bits per heavy atom. The van der Waals surface area contributed by atoms with Crippen molar-refractivity contribution in [1.82, 2.24) is 19.8 Å². The third kappa shape index (κ3) is 3.17. The number of aromatic nitrogens is 2. The molecule has 2 aromatic heterocycles. The van der Waals surface area contributed by atoms with Crippen molar-refractivity contribution in [3.05, 3.63) is 47.8 Å². The topological polar surface area (TPSA) is 59.4 Å². The van der Waals surface area contributed by atoms with E-state index < -0.39 is 0 Å². The van der Waals surface area contributed by atoms with Gasteiger partial charge in [-0.05, 0) is 57.1 Å². The highest BCUT2D eigenvalue weighted by Gasteiger charge is 2.20. The van der Waals surface area contributed by atoms with E-state index in [2.05, 4.69) is 45.9 Å². The van der Waals surface area contributed by atoms with Crippen LogP contribution in [0.4, 0.5) is 0 Å². The van der Waals surface area contributed by atoms with E-state index in [1.807, 2.05) is 39.2 Å². The van der Waals surface area contributed by atoms with Crippen LogP contribution in [-0.2, 0) is 7.05 Å². The Kier molecular flexibility index (Phi) is 5.12. The number of rotatable bonds is 5. The lowest BCUT2D eigenvalue weighted by Crippen LogP contribution is -2.39. The zero-order chi connectivity index (χ0) is 21.6. The van der Waals surface area contributed by atoms with Crippen LogP contribution in [0.2, 0.25) is 0 Å². The van der Waals surface area contributed by atoms with E-state index in [0.29, 0.717) is 5.69 Å². The second-order valence-electron chi connectivity index (χ2n) is 8.20. The van der Waals surface area contributed by atoms with Gasteiger partial charge >= 0.3 is 0 Å². The molecule has 4 aromatic rings. The Hall–Kier alpha value is -3.12. The Labute approximate surface area is 176 Å². The predicted molar refractivity (Wildman–Crippen MR) is 122 cm³/mol. The third-order valence-corrected chi connectivity index (χ3v) is 5.70. The molecule has 2 aromatic carbocycles. The first kappa shape index (κ1) is 20.2. The Morgan fingerprint density at radius 1 is 1.17 bits per heavy atom. The maximum absolute atomic E-state index is 13.0. The molecule has 0 saturated carbocycles. The van der Waals surface area contributed by atoms with Gasteiger partial charge in [-0.25, -0.2) is 0 Å². The summed E-state index contributed by atoms with van der Waals surface area (Å²) < 4.78 is 7.79. The van der Waals surface area contributed by atoms with Crippen molar-refractivity contribution in [2.45, 2.75) is 19.9 Å². The summed E-state index contributed by atoms with van der Waals surface area (Å²) in [5.41, 5.74) is 3.77. The Bertz CT molecular complexity index is 1270. The number of nitrogens with zero attached hydrogens (tertiary/aromatic N) is 3. The lowest BCUT2D eigenvalue weighted by atomic mass is 10.00. The van der Waals surface area contributed by atoms with Crippen LogP contribution >= 0.6 is 0 Å². The van der Waals surface area contributed by atoms with Crippen LogP contribution < -0.4 is 10.1 Å². The molecule has 0 unspecified atom stereocenters. The maximum atomic E-state index is 13.0. The first-order chi connectivity index (χ1) is 14.3. The first-order valence-electron chi connectivity index (χ1n) is 10.1. The lowest BCUT2D eigenvalue weighted by Gasteiger charge is -2.18. The SMILES string of the molecule is COc1cccc2c3cc4c(C(=O)N[C@H](C)CN(C)C)nccc4c(C)c3n(C)c12. The molecule has 0 aliphatic heterocycles. The Balaban J connectivity index is 1.95. The van der Waals surface area contributed by atoms with E-state index in [9.17, 15) is 4.79 Å². The number of carbonyl (C=O) groups excluding carboxylic acids is 1. The van der Waals surface area contributed by atoms with Crippen molar-refractivity contribution in [3.8, 4) is 5.75 Å². The fraction of sp³-hybridized carbons (Fsp3) is 0.333. The minimum atomic E-state index is -0.147. The summed E-state index contributed by atoms with van der Waals surface area (Å²) in [6.45, 7) is 4.87. The van der Waals surface area contributed by atoms with Gasteiger partial charge in [-0.15, -0.1) is 0 Å². The number of pyridine rings is 1. The summed E-state index contributed by atoms with van der Waals surface area (Å²) in [6.07, 6.45) is 1.72. The van der Waals surface area contributed by atoms with E-state index in [4.69, 9.17) is 4.74 Å². The van der Waals surface area contributed by atoms with Crippen LogP contribution in [-0.4, -0.2) is 54.1 Å². The number of ether oxygens (including phenoxy) is 1. The van der Waals surface area contributed by atoms with E-state index in [-0.39, 0.29) is 11.9 Å². The van der Waals surface area contributed by atoms with Gasteiger partial charge in [0, 0.05) is 42.0 Å². The summed E-state index contributed by atoms with van der Waals surface area (Å²) in [5, 5.41) is 7.18. The van der Waals surface area contributed by atoms with Gasteiger partial charge in [0.2, 0.25) is 0 Å². The number of carbonyl (C=O) groups is 1. The van der Waals surface area contributed by atoms with Gasteiger partial charge in [-0.2, -0.15) is 0 Å². The van der Waals surface area contributed by atoms with Crippen molar-refractivity contribution >= 4 is 38.5 Å². The summed E-state index contributed by atoms with van der Waals surface area (Å²) in [5.74, 6) is 0.690. The molecule has 2 heterocycles. The zero-order valence-corrected chi connectivity index (χ0v) is 18.4. The number of para-hydroxylation sites is 1. The van der Waals surface area contributed by atoms with Crippen LogP contribution in [0.25, 0.3) is 32.6 Å². The number of hydrogen-bond acceptors (Lipinski definition) is 4. The molecule has 0 fully saturated rings. The van der Waals surface area contributed by atoms with E-state index in [0.717, 1.165) is 50.4 Å². The largest absolute Gasteiger partial charge is 0.495 e. The molecule has 1 atom stereocenters. The molecule has 1 N–H and O–H groups in total. The monoisotopic (exact) mass is 404 g/mol. The second-order valence-corrected chi connectivity index (χ2v) is 8.20. The minimum absolute atomic E-state index is 0.0243. The molecule has 0 saturated heterocycles. The molecule has 0 radical (unpaired) electrons. The van der Waals surface area contributed by atoms with Crippen LogP contribution in [0.15, 0.2) is 36.5 Å². The highest BCUT2D eigenvalue weighted by molar-refractivity contribution is 6.18. The quantitative estimate of drug-likeness (QED) is 0.548. The van der Waals surface area contributed by atoms with Gasteiger partial charge < -0.3 is 19.5 Å². The average Bonchev–Trinajstić information content (AvgIpc) is 2.99.